The van der Waals surface area contributed by atoms with Crippen LogP contribution in [0.15, 0.2) is 97.3 Å². The Bertz CT molecular complexity index is 1510. The quantitative estimate of drug-likeness (QED) is 0.275. The van der Waals surface area contributed by atoms with Crippen LogP contribution in [-0.4, -0.2) is 14.1 Å². The van der Waals surface area contributed by atoms with Gasteiger partial charge in [0.25, 0.3) is 0 Å². The van der Waals surface area contributed by atoms with Gasteiger partial charge in [0.1, 0.15) is 11.1 Å². The van der Waals surface area contributed by atoms with Gasteiger partial charge in [-0.05, 0) is 36.0 Å². The summed E-state index contributed by atoms with van der Waals surface area (Å²) in [6, 6.07) is 32.2. The number of hydrogen-bond acceptors (Lipinski definition) is 2. The van der Waals surface area contributed by atoms with Crippen LogP contribution in [0.1, 0.15) is 43.7 Å². The van der Waals surface area contributed by atoms with Crippen molar-refractivity contribution in [1.29, 1.82) is 5.41 Å². The van der Waals surface area contributed by atoms with Gasteiger partial charge >= 0.3 is 0 Å². The Labute approximate surface area is 212 Å². The van der Waals surface area contributed by atoms with Gasteiger partial charge in [-0.15, -0.1) is 0 Å². The molecule has 4 heteroatoms. The van der Waals surface area contributed by atoms with Crippen LogP contribution in [0.25, 0.3) is 33.4 Å². The molecule has 1 aliphatic rings. The van der Waals surface area contributed by atoms with Crippen molar-refractivity contribution in [2.45, 2.75) is 51.1 Å². The van der Waals surface area contributed by atoms with Crippen LogP contribution in [0.4, 0.5) is 0 Å². The molecule has 1 N–H and O–H groups in total. The maximum atomic E-state index is 9.44. The standard InChI is InChI=1S/C32H32N4/c33-31-29-28(25-15-7-2-8-16-25)30(26-17-9-3-10-18-26)35(22-21-24-13-5-1-6-14-24)32(29)34-23-36(31)27-19-11-4-12-20-27/h1-3,5-10,13-18,23,27,33H,4,11-12,19-22H2. The van der Waals surface area contributed by atoms with E-state index in [0.29, 0.717) is 11.5 Å². The summed E-state index contributed by atoms with van der Waals surface area (Å²) in [5, 5.41) is 10.4. The third-order valence-corrected chi connectivity index (χ3v) is 7.58. The first-order valence-corrected chi connectivity index (χ1v) is 13.1. The van der Waals surface area contributed by atoms with Gasteiger partial charge in [-0.3, -0.25) is 5.41 Å². The lowest BCUT2D eigenvalue weighted by molar-refractivity contribution is 0.341. The van der Waals surface area contributed by atoms with E-state index in [4.69, 9.17) is 4.98 Å². The molecule has 4 nitrogen and oxygen atoms in total. The van der Waals surface area contributed by atoms with Crippen LogP contribution >= 0.6 is 0 Å². The summed E-state index contributed by atoms with van der Waals surface area (Å²) in [5.74, 6) is 0. The Morgan fingerprint density at radius 3 is 2.03 bits per heavy atom. The van der Waals surface area contributed by atoms with Crippen molar-refractivity contribution >= 4 is 11.0 Å². The van der Waals surface area contributed by atoms with E-state index in [9.17, 15) is 5.41 Å². The van der Waals surface area contributed by atoms with Crippen LogP contribution in [0.2, 0.25) is 0 Å². The van der Waals surface area contributed by atoms with Crippen molar-refractivity contribution in [1.82, 2.24) is 14.1 Å². The van der Waals surface area contributed by atoms with Gasteiger partial charge in [0.2, 0.25) is 0 Å². The highest BCUT2D eigenvalue weighted by Gasteiger charge is 2.25. The normalized spacial score (nSPS) is 14.3. The zero-order valence-corrected chi connectivity index (χ0v) is 20.6. The van der Waals surface area contributed by atoms with Crippen molar-refractivity contribution < 1.29 is 0 Å². The summed E-state index contributed by atoms with van der Waals surface area (Å²) in [7, 11) is 0. The van der Waals surface area contributed by atoms with Gasteiger partial charge in [-0.2, -0.15) is 0 Å². The predicted octanol–water partition coefficient (Wildman–Crippen LogP) is 7.40. The molecule has 36 heavy (non-hydrogen) atoms. The van der Waals surface area contributed by atoms with Crippen LogP contribution in [0, 0.1) is 5.41 Å². The maximum Gasteiger partial charge on any atom is 0.146 e. The Morgan fingerprint density at radius 1 is 0.750 bits per heavy atom. The van der Waals surface area contributed by atoms with E-state index in [1.807, 2.05) is 6.33 Å². The molecule has 0 saturated heterocycles. The lowest BCUT2D eigenvalue weighted by Gasteiger charge is -2.24. The van der Waals surface area contributed by atoms with Gasteiger partial charge in [-0.1, -0.05) is 110 Å². The Hall–Kier alpha value is -3.92. The first-order valence-electron chi connectivity index (χ1n) is 13.1. The summed E-state index contributed by atoms with van der Waals surface area (Å²) in [4.78, 5) is 5.07. The number of benzene rings is 3. The molecule has 0 radical (unpaired) electrons. The first-order chi connectivity index (χ1) is 17.8. The van der Waals surface area contributed by atoms with Crippen LogP contribution in [0.5, 0.6) is 0 Å². The summed E-state index contributed by atoms with van der Waals surface area (Å²) in [6.45, 7) is 0.803. The Balaban J connectivity index is 1.62. The molecule has 1 aliphatic carbocycles. The van der Waals surface area contributed by atoms with Gasteiger partial charge in [0, 0.05) is 18.2 Å². The number of rotatable bonds is 6. The largest absolute Gasteiger partial charge is 0.324 e. The maximum absolute atomic E-state index is 9.44. The molecule has 3 aromatic carbocycles. The lowest BCUT2D eigenvalue weighted by Crippen LogP contribution is -2.27. The van der Waals surface area contributed by atoms with Gasteiger partial charge in [0.05, 0.1) is 17.4 Å². The zero-order chi connectivity index (χ0) is 24.3. The van der Waals surface area contributed by atoms with E-state index in [0.717, 1.165) is 59.2 Å². The summed E-state index contributed by atoms with van der Waals surface area (Å²) < 4.78 is 4.49. The summed E-state index contributed by atoms with van der Waals surface area (Å²) in [6.07, 6.45) is 8.86. The smallest absolute Gasteiger partial charge is 0.146 e. The molecular formula is C32H32N4. The minimum atomic E-state index is 0.361. The van der Waals surface area contributed by atoms with E-state index in [1.165, 1.54) is 24.8 Å². The fourth-order valence-corrected chi connectivity index (χ4v) is 5.79. The molecule has 6 rings (SSSR count). The second kappa shape index (κ2) is 9.98. The molecule has 1 saturated carbocycles. The van der Waals surface area contributed by atoms with Crippen molar-refractivity contribution in [3.63, 3.8) is 0 Å². The van der Waals surface area contributed by atoms with E-state index >= 15 is 0 Å². The first kappa shape index (κ1) is 22.5. The minimum Gasteiger partial charge on any atom is -0.324 e. The molecular weight excluding hydrogens is 440 g/mol. The molecule has 0 unspecified atom stereocenters. The molecule has 0 aliphatic heterocycles. The third-order valence-electron chi connectivity index (χ3n) is 7.58. The van der Waals surface area contributed by atoms with Crippen molar-refractivity contribution in [2.24, 2.45) is 0 Å². The molecule has 0 amide bonds. The van der Waals surface area contributed by atoms with E-state index in [-0.39, 0.29) is 0 Å². The fourth-order valence-electron chi connectivity index (χ4n) is 5.79. The summed E-state index contributed by atoms with van der Waals surface area (Å²) >= 11 is 0. The van der Waals surface area contributed by atoms with Crippen LogP contribution in [0.3, 0.4) is 0 Å². The molecule has 0 spiro atoms. The highest BCUT2D eigenvalue weighted by molar-refractivity contribution is 6.02. The van der Waals surface area contributed by atoms with Crippen LogP contribution in [-0.2, 0) is 13.0 Å². The third kappa shape index (κ3) is 4.17. The Kier molecular flexibility index (Phi) is 6.25. The van der Waals surface area contributed by atoms with E-state index in [1.54, 1.807) is 0 Å². The number of aryl methyl sites for hydroxylation is 2. The second-order valence-corrected chi connectivity index (χ2v) is 9.83. The topological polar surface area (TPSA) is 46.6 Å². The van der Waals surface area contributed by atoms with Gasteiger partial charge in [0.15, 0.2) is 0 Å². The van der Waals surface area contributed by atoms with Crippen molar-refractivity contribution in [3.05, 3.63) is 108 Å². The molecule has 2 aromatic heterocycles. The average molecular weight is 473 g/mol. The zero-order valence-electron chi connectivity index (χ0n) is 20.6. The highest BCUT2D eigenvalue weighted by Crippen LogP contribution is 2.39. The van der Waals surface area contributed by atoms with Gasteiger partial charge < -0.3 is 9.13 Å². The highest BCUT2D eigenvalue weighted by atomic mass is 15.1. The molecule has 2 heterocycles. The Morgan fingerprint density at radius 2 is 1.36 bits per heavy atom. The second-order valence-electron chi connectivity index (χ2n) is 9.83. The number of nitrogens with zero attached hydrogens (tertiary/aromatic N) is 3. The van der Waals surface area contributed by atoms with E-state index < -0.39 is 0 Å². The molecule has 0 bridgehead atoms. The molecule has 5 aromatic rings. The minimum absolute atomic E-state index is 0.361. The van der Waals surface area contributed by atoms with Crippen molar-refractivity contribution in [2.75, 3.05) is 0 Å². The molecule has 1 fully saturated rings. The number of aromatic nitrogens is 3. The lowest BCUT2D eigenvalue weighted by atomic mass is 9.95. The predicted molar refractivity (Wildman–Crippen MR) is 147 cm³/mol. The van der Waals surface area contributed by atoms with Gasteiger partial charge in [-0.25, -0.2) is 4.98 Å². The summed E-state index contributed by atoms with van der Waals surface area (Å²) in [5.41, 5.74) is 7.35. The fraction of sp³-hybridized carbons (Fsp3) is 0.250. The van der Waals surface area contributed by atoms with E-state index in [2.05, 4.69) is 100 Å². The van der Waals surface area contributed by atoms with Crippen LogP contribution < -0.4 is 5.49 Å². The monoisotopic (exact) mass is 472 g/mol. The SMILES string of the molecule is N=c1c2c(-c3ccccc3)c(-c3ccccc3)n(CCc3ccccc3)c2ncn1C1CCCCC1. The number of nitrogens with one attached hydrogen (secondary N) is 1. The number of hydrogen-bond donors (Lipinski definition) is 1. The average Bonchev–Trinajstić information content (AvgIpc) is 3.29. The molecule has 0 atom stereocenters. The van der Waals surface area contributed by atoms with Crippen molar-refractivity contribution in [3.8, 4) is 22.4 Å². The molecule has 180 valence electrons. The number of fused-ring (bicyclic) bond motifs is 1.